The second-order valence-electron chi connectivity index (χ2n) is 7.27. The van der Waals surface area contributed by atoms with Gasteiger partial charge in [0.15, 0.2) is 0 Å². The first kappa shape index (κ1) is 21.8. The fourth-order valence-electron chi connectivity index (χ4n) is 3.28. The molecule has 4 nitrogen and oxygen atoms in total. The molecule has 160 valence electrons. The molecule has 0 aliphatic carbocycles. The van der Waals surface area contributed by atoms with E-state index in [1.165, 1.54) is 24.3 Å². The van der Waals surface area contributed by atoms with Gasteiger partial charge in [-0.05, 0) is 30.2 Å². The van der Waals surface area contributed by atoms with Crippen LogP contribution in [0.15, 0.2) is 41.4 Å². The van der Waals surface area contributed by atoms with Crippen LogP contribution in [0, 0.1) is 29.2 Å². The van der Waals surface area contributed by atoms with Gasteiger partial charge in [0.25, 0.3) is 5.91 Å². The van der Waals surface area contributed by atoms with Crippen molar-refractivity contribution in [2.24, 2.45) is 10.9 Å². The predicted molar refractivity (Wildman–Crippen MR) is 104 cm³/mol. The third-order valence-corrected chi connectivity index (χ3v) is 5.19. The SMILES string of the molecule is CC[C@H](C)[C@H](NC(=O)c1c(F)cccc1F)C1=N[C@@H](Cc2c(F)cccc2F)CO1. The van der Waals surface area contributed by atoms with E-state index in [9.17, 15) is 22.4 Å². The van der Waals surface area contributed by atoms with Crippen LogP contribution in [0.1, 0.15) is 36.2 Å². The zero-order chi connectivity index (χ0) is 21.8. The lowest BCUT2D eigenvalue weighted by Crippen LogP contribution is -2.45. The molecule has 8 heteroatoms. The Bertz CT molecular complexity index is 924. The first-order valence-corrected chi connectivity index (χ1v) is 9.70. The third kappa shape index (κ3) is 4.63. The highest BCUT2D eigenvalue weighted by molar-refractivity contribution is 5.98. The molecule has 0 saturated carbocycles. The van der Waals surface area contributed by atoms with Gasteiger partial charge in [-0.25, -0.2) is 22.6 Å². The van der Waals surface area contributed by atoms with Gasteiger partial charge < -0.3 is 10.1 Å². The molecule has 3 rings (SSSR count). The van der Waals surface area contributed by atoms with Crippen molar-refractivity contribution < 1.29 is 27.1 Å². The smallest absolute Gasteiger partial charge is 0.257 e. The number of halogens is 4. The van der Waals surface area contributed by atoms with Crippen molar-refractivity contribution in [3.8, 4) is 0 Å². The lowest BCUT2D eigenvalue weighted by Gasteiger charge is -2.23. The summed E-state index contributed by atoms with van der Waals surface area (Å²) in [4.78, 5) is 16.9. The molecule has 0 unspecified atom stereocenters. The van der Waals surface area contributed by atoms with Crippen LogP contribution in [0.25, 0.3) is 0 Å². The van der Waals surface area contributed by atoms with Crippen LogP contribution in [0.3, 0.4) is 0 Å². The molecule has 1 heterocycles. The van der Waals surface area contributed by atoms with E-state index in [1.807, 2.05) is 13.8 Å². The zero-order valence-electron chi connectivity index (χ0n) is 16.6. The van der Waals surface area contributed by atoms with Gasteiger partial charge in [-0.15, -0.1) is 0 Å². The molecule has 0 bridgehead atoms. The molecule has 1 aliphatic heterocycles. The largest absolute Gasteiger partial charge is 0.477 e. The molecule has 0 aromatic heterocycles. The Balaban J connectivity index is 1.80. The van der Waals surface area contributed by atoms with Crippen molar-refractivity contribution in [3.05, 3.63) is 70.8 Å². The van der Waals surface area contributed by atoms with Crippen molar-refractivity contribution in [2.75, 3.05) is 6.61 Å². The van der Waals surface area contributed by atoms with Gasteiger partial charge in [0.05, 0.1) is 6.04 Å². The summed E-state index contributed by atoms with van der Waals surface area (Å²) in [5.74, 6) is -4.19. The molecule has 2 aromatic rings. The van der Waals surface area contributed by atoms with E-state index in [4.69, 9.17) is 4.74 Å². The molecule has 0 fully saturated rings. The normalized spacial score (nSPS) is 17.8. The van der Waals surface area contributed by atoms with Gasteiger partial charge in [-0.1, -0.05) is 32.4 Å². The van der Waals surface area contributed by atoms with E-state index in [1.54, 1.807) is 0 Å². The van der Waals surface area contributed by atoms with Crippen molar-refractivity contribution in [1.29, 1.82) is 0 Å². The van der Waals surface area contributed by atoms with E-state index in [-0.39, 0.29) is 30.4 Å². The molecule has 30 heavy (non-hydrogen) atoms. The van der Waals surface area contributed by atoms with Crippen molar-refractivity contribution in [1.82, 2.24) is 5.32 Å². The Morgan fingerprint density at radius 2 is 1.67 bits per heavy atom. The maximum Gasteiger partial charge on any atom is 0.257 e. The van der Waals surface area contributed by atoms with E-state index in [2.05, 4.69) is 10.3 Å². The second-order valence-corrected chi connectivity index (χ2v) is 7.27. The molecule has 1 aliphatic rings. The average molecular weight is 422 g/mol. The standard InChI is InChI=1S/C22H22F4N2O2/c1-3-12(2)20(28-21(29)19-17(25)8-5-9-18(19)26)22-27-13(11-30-22)10-14-15(23)6-4-7-16(14)24/h4-9,12-13,20H,3,10-11H2,1-2H3,(H,28,29)/t12-,13-,20-/m0/s1. The lowest BCUT2D eigenvalue weighted by molar-refractivity contribution is 0.0923. The van der Waals surface area contributed by atoms with E-state index < -0.39 is 46.8 Å². The highest BCUT2D eigenvalue weighted by atomic mass is 19.1. The van der Waals surface area contributed by atoms with Crippen LogP contribution in [-0.2, 0) is 11.2 Å². The van der Waals surface area contributed by atoms with Crippen molar-refractivity contribution in [3.63, 3.8) is 0 Å². The summed E-state index contributed by atoms with van der Waals surface area (Å²) >= 11 is 0. The van der Waals surface area contributed by atoms with Crippen LogP contribution in [0.4, 0.5) is 17.6 Å². The van der Waals surface area contributed by atoms with Crippen LogP contribution >= 0.6 is 0 Å². The zero-order valence-corrected chi connectivity index (χ0v) is 16.6. The van der Waals surface area contributed by atoms with Gasteiger partial charge in [0.2, 0.25) is 5.90 Å². The predicted octanol–water partition coefficient (Wildman–Crippen LogP) is 4.43. The minimum atomic E-state index is -0.974. The van der Waals surface area contributed by atoms with Crippen LogP contribution < -0.4 is 5.32 Å². The van der Waals surface area contributed by atoms with E-state index in [0.717, 1.165) is 12.1 Å². The van der Waals surface area contributed by atoms with Gasteiger partial charge in [-0.2, -0.15) is 0 Å². The fourth-order valence-corrected chi connectivity index (χ4v) is 3.28. The van der Waals surface area contributed by atoms with Gasteiger partial charge in [-0.3, -0.25) is 4.79 Å². The molecule has 3 atom stereocenters. The van der Waals surface area contributed by atoms with Gasteiger partial charge in [0, 0.05) is 12.0 Å². The van der Waals surface area contributed by atoms with E-state index >= 15 is 0 Å². The fraction of sp³-hybridized carbons (Fsp3) is 0.364. The molecule has 0 radical (unpaired) electrons. The first-order chi connectivity index (χ1) is 14.3. The second kappa shape index (κ2) is 9.28. The molecule has 1 amide bonds. The monoisotopic (exact) mass is 422 g/mol. The maximum atomic E-state index is 14.0. The van der Waals surface area contributed by atoms with Crippen LogP contribution in [-0.4, -0.2) is 30.5 Å². The average Bonchev–Trinajstić information content (AvgIpc) is 3.16. The maximum absolute atomic E-state index is 14.0. The minimum Gasteiger partial charge on any atom is -0.477 e. The summed E-state index contributed by atoms with van der Waals surface area (Å²) in [7, 11) is 0. The quantitative estimate of drug-likeness (QED) is 0.672. The topological polar surface area (TPSA) is 50.7 Å². The molecule has 1 N–H and O–H groups in total. The molecule has 0 spiro atoms. The number of amides is 1. The summed E-state index contributed by atoms with van der Waals surface area (Å²) in [6.45, 7) is 3.80. The summed E-state index contributed by atoms with van der Waals surface area (Å²) in [5, 5.41) is 2.59. The highest BCUT2D eigenvalue weighted by Crippen LogP contribution is 2.22. The lowest BCUT2D eigenvalue weighted by atomic mass is 9.98. The van der Waals surface area contributed by atoms with Crippen molar-refractivity contribution >= 4 is 11.8 Å². The summed E-state index contributed by atoms with van der Waals surface area (Å²) in [6, 6.07) is 5.51. The number of rotatable bonds is 7. The molecular formula is C22H22F4N2O2. The Morgan fingerprint density at radius 1 is 1.10 bits per heavy atom. The number of hydrogen-bond acceptors (Lipinski definition) is 3. The summed E-state index contributed by atoms with van der Waals surface area (Å²) in [5.41, 5.74) is -0.775. The number of hydrogen-bond donors (Lipinski definition) is 1. The molecular weight excluding hydrogens is 400 g/mol. The number of carbonyl (C=O) groups is 1. The number of ether oxygens (including phenoxy) is 1. The Hall–Kier alpha value is -2.90. The van der Waals surface area contributed by atoms with Crippen molar-refractivity contribution in [2.45, 2.75) is 38.8 Å². The van der Waals surface area contributed by atoms with E-state index in [0.29, 0.717) is 6.42 Å². The highest BCUT2D eigenvalue weighted by Gasteiger charge is 2.32. The number of nitrogens with one attached hydrogen (secondary N) is 1. The summed E-state index contributed by atoms with van der Waals surface area (Å²) < 4.78 is 61.4. The third-order valence-electron chi connectivity index (χ3n) is 5.19. The first-order valence-electron chi connectivity index (χ1n) is 9.70. The minimum absolute atomic E-state index is 0.00881. The number of aliphatic imine (C=N–C) groups is 1. The Labute approximate surface area is 172 Å². The molecule has 0 saturated heterocycles. The number of nitrogens with zero attached hydrogens (tertiary/aromatic N) is 1. The van der Waals surface area contributed by atoms with Crippen LogP contribution in [0.2, 0.25) is 0 Å². The number of benzene rings is 2. The number of carbonyl (C=O) groups excluding carboxylic acids is 1. The van der Waals surface area contributed by atoms with Gasteiger partial charge >= 0.3 is 0 Å². The Morgan fingerprint density at radius 3 is 2.23 bits per heavy atom. The summed E-state index contributed by atoms with van der Waals surface area (Å²) in [6.07, 6.45) is 0.616. The van der Waals surface area contributed by atoms with Crippen LogP contribution in [0.5, 0.6) is 0 Å². The Kier molecular flexibility index (Phi) is 6.74. The van der Waals surface area contributed by atoms with Gasteiger partial charge in [0.1, 0.15) is 41.5 Å². The molecule has 2 aromatic carbocycles.